The van der Waals surface area contributed by atoms with Crippen LogP contribution < -0.4 is 15.2 Å². The Morgan fingerprint density at radius 2 is 1.35 bits per heavy atom. The van der Waals surface area contributed by atoms with Gasteiger partial charge in [0.2, 0.25) is 0 Å². The lowest BCUT2D eigenvalue weighted by atomic mass is 9.86. The van der Waals surface area contributed by atoms with Gasteiger partial charge in [0.1, 0.15) is 23.9 Å². The van der Waals surface area contributed by atoms with Crippen LogP contribution in [0.25, 0.3) is 0 Å². The van der Waals surface area contributed by atoms with Crippen LogP contribution >= 0.6 is 0 Å². The van der Waals surface area contributed by atoms with Gasteiger partial charge in [-0.25, -0.2) is 14.4 Å². The Labute approximate surface area is 254 Å². The molecule has 244 valence electrons. The third kappa shape index (κ3) is 13.5. The number of rotatable bonds is 16. The lowest BCUT2D eigenvalue weighted by molar-refractivity contribution is -0.148. The van der Waals surface area contributed by atoms with Gasteiger partial charge in [-0.05, 0) is 56.7 Å². The quantitative estimate of drug-likeness (QED) is 0.0957. The van der Waals surface area contributed by atoms with Crippen molar-refractivity contribution in [3.8, 4) is 11.5 Å². The fourth-order valence-corrected chi connectivity index (χ4v) is 3.69. The lowest BCUT2D eigenvalue weighted by Gasteiger charge is -2.29. The molecule has 43 heavy (non-hydrogen) atoms. The van der Waals surface area contributed by atoms with Gasteiger partial charge in [0.05, 0.1) is 13.7 Å². The van der Waals surface area contributed by atoms with Gasteiger partial charge in [-0.15, -0.1) is 0 Å². The monoisotopic (exact) mass is 611 g/mol. The second kappa shape index (κ2) is 18.2. The Morgan fingerprint density at radius 1 is 0.791 bits per heavy atom. The summed E-state index contributed by atoms with van der Waals surface area (Å²) in [5.41, 5.74) is 5.29. The SMILES string of the molecule is CCCCCOC(=O)O[C@@H](C)CC(N)(Cc1ccc(OC(=O)O[C@@H](C)C(C)C)c(OC(=O)OC(C)C(C)C)c1)C(=O)OC. The smallest absolute Gasteiger partial charge is 0.468 e. The number of esters is 1. The van der Waals surface area contributed by atoms with Crippen molar-refractivity contribution >= 4 is 24.4 Å². The molecule has 0 aliphatic heterocycles. The molecule has 12 heteroatoms. The summed E-state index contributed by atoms with van der Waals surface area (Å²) >= 11 is 0. The molecule has 2 N–H and O–H groups in total. The highest BCUT2D eigenvalue weighted by atomic mass is 16.8. The molecule has 0 radical (unpaired) electrons. The van der Waals surface area contributed by atoms with E-state index in [-0.39, 0.29) is 42.8 Å². The Kier molecular flexibility index (Phi) is 15.9. The highest BCUT2D eigenvalue weighted by Gasteiger charge is 2.38. The molecule has 0 aliphatic carbocycles. The topological polar surface area (TPSA) is 159 Å². The first-order valence-electron chi connectivity index (χ1n) is 14.7. The van der Waals surface area contributed by atoms with E-state index in [1.165, 1.54) is 19.2 Å². The predicted octanol–water partition coefficient (Wildman–Crippen LogP) is 6.34. The summed E-state index contributed by atoms with van der Waals surface area (Å²) < 4.78 is 36.7. The number of hydrogen-bond acceptors (Lipinski definition) is 12. The number of benzene rings is 1. The minimum absolute atomic E-state index is 0.0258. The van der Waals surface area contributed by atoms with Gasteiger partial charge < -0.3 is 38.9 Å². The Hall–Kier alpha value is -3.54. The van der Waals surface area contributed by atoms with Crippen LogP contribution in [-0.4, -0.2) is 62.0 Å². The maximum absolute atomic E-state index is 12.8. The molecule has 0 fully saturated rings. The molecule has 0 heterocycles. The average molecular weight is 612 g/mol. The van der Waals surface area contributed by atoms with E-state index < -0.39 is 48.3 Å². The van der Waals surface area contributed by atoms with E-state index in [2.05, 4.69) is 0 Å². The van der Waals surface area contributed by atoms with Crippen LogP contribution in [0.2, 0.25) is 0 Å². The largest absolute Gasteiger partial charge is 0.514 e. The van der Waals surface area contributed by atoms with E-state index in [1.54, 1.807) is 26.8 Å². The van der Waals surface area contributed by atoms with Crippen LogP contribution in [0.3, 0.4) is 0 Å². The number of carbonyl (C=O) groups is 4. The van der Waals surface area contributed by atoms with Crippen molar-refractivity contribution in [3.05, 3.63) is 23.8 Å². The first kappa shape index (κ1) is 37.5. The molecule has 0 amide bonds. The summed E-state index contributed by atoms with van der Waals surface area (Å²) in [7, 11) is 1.19. The molecule has 0 bridgehead atoms. The Morgan fingerprint density at radius 3 is 1.86 bits per heavy atom. The number of hydrogen-bond donors (Lipinski definition) is 1. The molecule has 0 saturated heterocycles. The molecule has 0 aromatic heterocycles. The summed E-state index contributed by atoms with van der Waals surface area (Å²) in [5.74, 6) is -0.943. The van der Waals surface area contributed by atoms with Gasteiger partial charge in [0.25, 0.3) is 0 Å². The molecule has 2 unspecified atom stereocenters. The van der Waals surface area contributed by atoms with E-state index in [4.69, 9.17) is 38.9 Å². The fourth-order valence-electron chi connectivity index (χ4n) is 3.69. The fraction of sp³-hybridized carbons (Fsp3) is 0.677. The van der Waals surface area contributed by atoms with Gasteiger partial charge >= 0.3 is 24.4 Å². The van der Waals surface area contributed by atoms with Crippen molar-refractivity contribution in [2.75, 3.05) is 13.7 Å². The minimum Gasteiger partial charge on any atom is -0.468 e. The zero-order valence-corrected chi connectivity index (χ0v) is 26.9. The van der Waals surface area contributed by atoms with Crippen LogP contribution in [0.1, 0.15) is 86.6 Å². The standard InChI is InChI=1S/C31H49NO11/c1-10-11-12-15-38-28(34)39-21(6)17-31(32,27(33)37-9)18-24-13-14-25(42-29(35)40-22(7)19(2)3)26(16-24)43-30(36)41-23(8)20(4)5/h13-14,16,19-23H,10-12,15,17-18,32H2,1-9H3/t21-,22-,23?,31?/m0/s1. The summed E-state index contributed by atoms with van der Waals surface area (Å²) in [6, 6.07) is 4.33. The molecule has 0 saturated carbocycles. The molecular weight excluding hydrogens is 562 g/mol. The first-order valence-corrected chi connectivity index (χ1v) is 14.7. The van der Waals surface area contributed by atoms with Crippen molar-refractivity contribution in [1.82, 2.24) is 0 Å². The van der Waals surface area contributed by atoms with Gasteiger partial charge in [-0.1, -0.05) is 53.5 Å². The summed E-state index contributed by atoms with van der Waals surface area (Å²) in [5, 5.41) is 0. The molecule has 0 aliphatic rings. The van der Waals surface area contributed by atoms with Gasteiger partial charge in [0, 0.05) is 12.8 Å². The maximum Gasteiger partial charge on any atom is 0.514 e. The zero-order valence-electron chi connectivity index (χ0n) is 26.9. The van der Waals surface area contributed by atoms with Gasteiger partial charge in [-0.3, -0.25) is 4.79 Å². The lowest BCUT2D eigenvalue weighted by Crippen LogP contribution is -2.53. The van der Waals surface area contributed by atoms with Crippen molar-refractivity contribution < 1.29 is 52.3 Å². The molecule has 4 atom stereocenters. The third-order valence-electron chi connectivity index (χ3n) is 6.87. The third-order valence-corrected chi connectivity index (χ3v) is 6.87. The van der Waals surface area contributed by atoms with Crippen LogP contribution in [0.5, 0.6) is 11.5 Å². The van der Waals surface area contributed by atoms with Crippen LogP contribution in [0.15, 0.2) is 18.2 Å². The van der Waals surface area contributed by atoms with Crippen LogP contribution in [0, 0.1) is 11.8 Å². The number of carbonyl (C=O) groups excluding carboxylic acids is 4. The van der Waals surface area contributed by atoms with Crippen LogP contribution in [0.4, 0.5) is 14.4 Å². The Balaban J connectivity index is 3.21. The molecule has 1 aromatic rings. The van der Waals surface area contributed by atoms with E-state index in [0.717, 1.165) is 12.8 Å². The normalized spacial score (nSPS) is 14.6. The van der Waals surface area contributed by atoms with Gasteiger partial charge in [0.15, 0.2) is 11.5 Å². The van der Waals surface area contributed by atoms with Gasteiger partial charge in [-0.2, -0.15) is 0 Å². The van der Waals surface area contributed by atoms with Crippen molar-refractivity contribution in [3.63, 3.8) is 0 Å². The van der Waals surface area contributed by atoms with Crippen molar-refractivity contribution in [2.24, 2.45) is 17.6 Å². The molecule has 12 nitrogen and oxygen atoms in total. The van der Waals surface area contributed by atoms with E-state index >= 15 is 0 Å². The van der Waals surface area contributed by atoms with Crippen molar-refractivity contribution in [2.45, 2.75) is 111 Å². The first-order chi connectivity index (χ1) is 20.1. The molecule has 1 aromatic carbocycles. The predicted molar refractivity (Wildman–Crippen MR) is 158 cm³/mol. The summed E-state index contributed by atoms with van der Waals surface area (Å²) in [4.78, 5) is 49.9. The second-order valence-corrected chi connectivity index (χ2v) is 11.4. The number of nitrogens with two attached hydrogens (primary N) is 1. The Bertz CT molecular complexity index is 1060. The average Bonchev–Trinajstić information content (AvgIpc) is 2.91. The summed E-state index contributed by atoms with van der Waals surface area (Å²) in [6.45, 7) is 14.8. The van der Waals surface area contributed by atoms with E-state index in [1.807, 2.05) is 34.6 Å². The number of methoxy groups -OCH3 is 1. The van der Waals surface area contributed by atoms with E-state index in [9.17, 15) is 19.2 Å². The highest BCUT2D eigenvalue weighted by Crippen LogP contribution is 2.32. The van der Waals surface area contributed by atoms with Crippen molar-refractivity contribution in [1.29, 1.82) is 0 Å². The van der Waals surface area contributed by atoms with Crippen LogP contribution in [-0.2, 0) is 34.9 Å². The number of ether oxygens (including phenoxy) is 7. The number of unbranched alkanes of at least 4 members (excludes halogenated alkanes) is 2. The van der Waals surface area contributed by atoms with E-state index in [0.29, 0.717) is 12.0 Å². The highest BCUT2D eigenvalue weighted by molar-refractivity contribution is 5.81. The molecular formula is C31H49NO11. The second-order valence-electron chi connectivity index (χ2n) is 11.4. The summed E-state index contributed by atoms with van der Waals surface area (Å²) in [6.07, 6.45) is -2.15. The zero-order chi connectivity index (χ0) is 32.7. The molecule has 1 rings (SSSR count). The molecule has 0 spiro atoms. The minimum atomic E-state index is -1.64. The maximum atomic E-state index is 12.8.